The molecule has 0 aliphatic heterocycles. The smallest absolute Gasteiger partial charge is 0.287 e. The van der Waals surface area contributed by atoms with Crippen molar-refractivity contribution in [3.63, 3.8) is 0 Å². The van der Waals surface area contributed by atoms with Crippen LogP contribution in [0, 0.1) is 6.92 Å². The molecule has 0 saturated heterocycles. The highest BCUT2D eigenvalue weighted by molar-refractivity contribution is 5.96. The monoisotopic (exact) mass is 334 g/mol. The van der Waals surface area contributed by atoms with E-state index in [0.717, 1.165) is 16.5 Å². The van der Waals surface area contributed by atoms with Gasteiger partial charge in [0, 0.05) is 17.8 Å². The van der Waals surface area contributed by atoms with Crippen LogP contribution >= 0.6 is 0 Å². The van der Waals surface area contributed by atoms with E-state index in [1.54, 1.807) is 24.7 Å². The quantitative estimate of drug-likeness (QED) is 0.592. The molecule has 0 aliphatic rings. The number of fused-ring (bicyclic) bond motifs is 1. The molecule has 3 heterocycles. The standard InChI is InChI=1S/C17H14N6O2/c1-10-3-2-4-11-7-13(25-15(10)11)17(24)20-9-14-21-16(23-22-14)12-8-18-5-6-19-12/h2-8H,9H2,1H3,(H,20,24)(H,21,22,23). The molecule has 1 aromatic carbocycles. The molecule has 124 valence electrons. The number of para-hydroxylation sites is 1. The Hall–Kier alpha value is -3.55. The van der Waals surface area contributed by atoms with Crippen LogP contribution < -0.4 is 5.32 Å². The maximum Gasteiger partial charge on any atom is 0.287 e. The summed E-state index contributed by atoms with van der Waals surface area (Å²) in [6, 6.07) is 7.50. The number of H-pyrrole nitrogens is 1. The van der Waals surface area contributed by atoms with Crippen molar-refractivity contribution in [1.82, 2.24) is 30.5 Å². The molecule has 8 heteroatoms. The van der Waals surface area contributed by atoms with Crippen LogP contribution in [0.5, 0.6) is 0 Å². The van der Waals surface area contributed by atoms with E-state index in [9.17, 15) is 4.79 Å². The van der Waals surface area contributed by atoms with Gasteiger partial charge in [-0.3, -0.25) is 14.9 Å². The second kappa shape index (κ2) is 6.16. The Kier molecular flexibility index (Phi) is 3.70. The minimum Gasteiger partial charge on any atom is -0.451 e. The number of nitrogens with one attached hydrogen (secondary N) is 2. The van der Waals surface area contributed by atoms with Gasteiger partial charge in [0.1, 0.15) is 17.1 Å². The fraction of sp³-hybridized carbons (Fsp3) is 0.118. The minimum absolute atomic E-state index is 0.197. The molecule has 3 aromatic heterocycles. The summed E-state index contributed by atoms with van der Waals surface area (Å²) in [5.41, 5.74) is 2.27. The maximum atomic E-state index is 12.3. The van der Waals surface area contributed by atoms with Gasteiger partial charge in [-0.2, -0.15) is 5.10 Å². The Bertz CT molecular complexity index is 1040. The zero-order valence-corrected chi connectivity index (χ0v) is 13.4. The third kappa shape index (κ3) is 2.97. The predicted molar refractivity (Wildman–Crippen MR) is 89.5 cm³/mol. The summed E-state index contributed by atoms with van der Waals surface area (Å²) < 4.78 is 5.65. The zero-order chi connectivity index (χ0) is 17.2. The first kappa shape index (κ1) is 15.0. The summed E-state index contributed by atoms with van der Waals surface area (Å²) >= 11 is 0. The largest absolute Gasteiger partial charge is 0.451 e. The topological polar surface area (TPSA) is 110 Å². The first-order chi connectivity index (χ1) is 12.2. The van der Waals surface area contributed by atoms with Gasteiger partial charge in [0.15, 0.2) is 5.76 Å². The molecule has 1 amide bonds. The van der Waals surface area contributed by atoms with E-state index in [2.05, 4.69) is 30.5 Å². The van der Waals surface area contributed by atoms with E-state index < -0.39 is 0 Å². The lowest BCUT2D eigenvalue weighted by molar-refractivity contribution is 0.0924. The van der Waals surface area contributed by atoms with Crippen molar-refractivity contribution in [2.75, 3.05) is 0 Å². The van der Waals surface area contributed by atoms with Gasteiger partial charge in [0.2, 0.25) is 5.82 Å². The van der Waals surface area contributed by atoms with Gasteiger partial charge in [-0.05, 0) is 18.6 Å². The Morgan fingerprint density at radius 3 is 3.04 bits per heavy atom. The number of benzene rings is 1. The van der Waals surface area contributed by atoms with Crippen molar-refractivity contribution in [2.24, 2.45) is 0 Å². The summed E-state index contributed by atoms with van der Waals surface area (Å²) in [6.45, 7) is 2.14. The fourth-order valence-electron chi connectivity index (χ4n) is 2.48. The van der Waals surface area contributed by atoms with Crippen LogP contribution in [0.2, 0.25) is 0 Å². The van der Waals surface area contributed by atoms with Gasteiger partial charge in [-0.25, -0.2) is 9.97 Å². The average Bonchev–Trinajstić information content (AvgIpc) is 3.28. The SMILES string of the molecule is Cc1cccc2cc(C(=O)NCc3nc(-c4cnccn4)n[nH]3)oc12. The van der Waals surface area contributed by atoms with Crippen LogP contribution in [-0.4, -0.2) is 31.1 Å². The van der Waals surface area contributed by atoms with E-state index in [1.807, 2.05) is 25.1 Å². The Morgan fingerprint density at radius 2 is 2.24 bits per heavy atom. The summed E-state index contributed by atoms with van der Waals surface area (Å²) in [6.07, 6.45) is 4.71. The van der Waals surface area contributed by atoms with Crippen LogP contribution in [0.3, 0.4) is 0 Å². The first-order valence-corrected chi connectivity index (χ1v) is 7.66. The number of aromatic amines is 1. The van der Waals surface area contributed by atoms with Gasteiger partial charge in [0.05, 0.1) is 12.7 Å². The number of carbonyl (C=O) groups excluding carboxylic acids is 1. The van der Waals surface area contributed by atoms with Crippen molar-refractivity contribution >= 4 is 16.9 Å². The number of aromatic nitrogens is 5. The number of hydrogen-bond donors (Lipinski definition) is 2. The second-order valence-corrected chi connectivity index (χ2v) is 5.48. The normalized spacial score (nSPS) is 10.9. The molecule has 4 aromatic rings. The zero-order valence-electron chi connectivity index (χ0n) is 13.4. The van der Waals surface area contributed by atoms with E-state index in [4.69, 9.17) is 4.42 Å². The van der Waals surface area contributed by atoms with Crippen LogP contribution in [0.25, 0.3) is 22.5 Å². The number of furan rings is 1. The molecule has 0 saturated carbocycles. The molecule has 2 N–H and O–H groups in total. The van der Waals surface area contributed by atoms with Crippen molar-refractivity contribution in [3.05, 3.63) is 60.0 Å². The van der Waals surface area contributed by atoms with Crippen molar-refractivity contribution in [2.45, 2.75) is 13.5 Å². The molecule has 0 spiro atoms. The van der Waals surface area contributed by atoms with Crippen molar-refractivity contribution in [1.29, 1.82) is 0 Å². The van der Waals surface area contributed by atoms with Gasteiger partial charge in [-0.15, -0.1) is 0 Å². The highest BCUT2D eigenvalue weighted by Crippen LogP contribution is 2.22. The number of amides is 1. The van der Waals surface area contributed by atoms with Gasteiger partial charge < -0.3 is 9.73 Å². The fourth-order valence-corrected chi connectivity index (χ4v) is 2.48. The lowest BCUT2D eigenvalue weighted by Gasteiger charge is -1.99. The molecule has 25 heavy (non-hydrogen) atoms. The second-order valence-electron chi connectivity index (χ2n) is 5.48. The van der Waals surface area contributed by atoms with Gasteiger partial charge in [0.25, 0.3) is 5.91 Å². The number of nitrogens with zero attached hydrogens (tertiary/aromatic N) is 4. The summed E-state index contributed by atoms with van der Waals surface area (Å²) in [4.78, 5) is 24.7. The summed E-state index contributed by atoms with van der Waals surface area (Å²) in [7, 11) is 0. The Labute approximate surface area is 142 Å². The molecule has 0 bridgehead atoms. The van der Waals surface area contributed by atoms with Gasteiger partial charge >= 0.3 is 0 Å². The molecular formula is C17H14N6O2. The van der Waals surface area contributed by atoms with E-state index in [1.165, 1.54) is 0 Å². The highest BCUT2D eigenvalue weighted by atomic mass is 16.3. The van der Waals surface area contributed by atoms with Crippen molar-refractivity contribution in [3.8, 4) is 11.5 Å². The lowest BCUT2D eigenvalue weighted by Crippen LogP contribution is -2.22. The molecular weight excluding hydrogens is 320 g/mol. The third-order valence-electron chi connectivity index (χ3n) is 3.71. The van der Waals surface area contributed by atoms with E-state index in [-0.39, 0.29) is 18.2 Å². The Balaban J connectivity index is 1.46. The van der Waals surface area contributed by atoms with Crippen LogP contribution in [-0.2, 0) is 6.54 Å². The molecule has 0 radical (unpaired) electrons. The van der Waals surface area contributed by atoms with Gasteiger partial charge in [-0.1, -0.05) is 18.2 Å². The van der Waals surface area contributed by atoms with Crippen LogP contribution in [0.15, 0.2) is 47.3 Å². The van der Waals surface area contributed by atoms with E-state index in [0.29, 0.717) is 17.3 Å². The average molecular weight is 334 g/mol. The molecule has 0 unspecified atom stereocenters. The predicted octanol–water partition coefficient (Wildman–Crippen LogP) is 2.25. The van der Waals surface area contributed by atoms with Crippen LogP contribution in [0.1, 0.15) is 21.9 Å². The molecule has 0 atom stereocenters. The first-order valence-electron chi connectivity index (χ1n) is 7.66. The molecule has 0 aliphatic carbocycles. The minimum atomic E-state index is -0.312. The summed E-state index contributed by atoms with van der Waals surface area (Å²) in [5, 5.41) is 10.5. The number of hydrogen-bond acceptors (Lipinski definition) is 6. The Morgan fingerprint density at radius 1 is 1.32 bits per heavy atom. The summed E-state index contributed by atoms with van der Waals surface area (Å²) in [5.74, 6) is 0.893. The lowest BCUT2D eigenvalue weighted by atomic mass is 10.2. The van der Waals surface area contributed by atoms with Crippen LogP contribution in [0.4, 0.5) is 0 Å². The maximum absolute atomic E-state index is 12.3. The third-order valence-corrected chi connectivity index (χ3v) is 3.71. The number of aryl methyl sites for hydroxylation is 1. The number of carbonyl (C=O) groups is 1. The highest BCUT2D eigenvalue weighted by Gasteiger charge is 2.14. The molecule has 0 fully saturated rings. The molecule has 4 rings (SSSR count). The van der Waals surface area contributed by atoms with E-state index >= 15 is 0 Å². The van der Waals surface area contributed by atoms with Crippen molar-refractivity contribution < 1.29 is 9.21 Å². The molecule has 8 nitrogen and oxygen atoms in total. The number of rotatable bonds is 4.